The van der Waals surface area contributed by atoms with Crippen LogP contribution in [-0.4, -0.2) is 23.6 Å². The number of rotatable bonds is 8. The first-order valence-electron chi connectivity index (χ1n) is 8.70. The fourth-order valence-corrected chi connectivity index (χ4v) is 2.96. The van der Waals surface area contributed by atoms with Gasteiger partial charge in [-0.05, 0) is 57.0 Å². The van der Waals surface area contributed by atoms with Crippen LogP contribution in [0, 0.1) is 19.8 Å². The molecule has 0 fully saturated rings. The number of carbonyl (C=O) groups excluding carboxylic acids is 1. The molecule has 1 amide bonds. The fourth-order valence-electron chi connectivity index (χ4n) is 2.96. The summed E-state index contributed by atoms with van der Waals surface area (Å²) in [6.45, 7) is 6.43. The Balaban J connectivity index is 2.00. The summed E-state index contributed by atoms with van der Waals surface area (Å²) >= 11 is 0. The molecule has 2 aromatic carbocycles. The second-order valence-corrected chi connectivity index (χ2v) is 6.44. The zero-order valence-electron chi connectivity index (χ0n) is 15.4. The highest BCUT2D eigenvalue weighted by Crippen LogP contribution is 2.19. The molecule has 2 N–H and O–H groups in total. The molecule has 5 nitrogen and oxygen atoms in total. The number of nitrogens with one attached hydrogen (secondary N) is 1. The number of carboxylic acids is 1. The Morgan fingerprint density at radius 3 is 2.23 bits per heavy atom. The van der Waals surface area contributed by atoms with E-state index in [4.69, 9.17) is 4.74 Å². The van der Waals surface area contributed by atoms with E-state index in [1.165, 1.54) is 0 Å². The van der Waals surface area contributed by atoms with Crippen molar-refractivity contribution in [3.05, 3.63) is 59.2 Å². The molecule has 2 aromatic rings. The van der Waals surface area contributed by atoms with Gasteiger partial charge in [-0.3, -0.25) is 9.59 Å². The van der Waals surface area contributed by atoms with Crippen molar-refractivity contribution in [2.24, 2.45) is 5.92 Å². The number of carboxylic acid groups (broad SMARTS) is 1. The molecule has 138 valence electrons. The number of aryl methyl sites for hydroxylation is 2. The quantitative estimate of drug-likeness (QED) is 0.751. The fraction of sp³-hybridized carbons (Fsp3) is 0.333. The summed E-state index contributed by atoms with van der Waals surface area (Å²) in [5, 5.41) is 12.2. The molecule has 0 aliphatic rings. The molecular weight excluding hydrogens is 330 g/mol. The van der Waals surface area contributed by atoms with Crippen molar-refractivity contribution >= 4 is 17.6 Å². The molecule has 0 spiro atoms. The molecule has 0 saturated heterocycles. The number of aliphatic carboxylic acids is 1. The summed E-state index contributed by atoms with van der Waals surface area (Å²) in [4.78, 5) is 23.8. The van der Waals surface area contributed by atoms with Crippen LogP contribution in [0.25, 0.3) is 0 Å². The van der Waals surface area contributed by atoms with Gasteiger partial charge in [0.25, 0.3) is 0 Å². The molecule has 0 bridgehead atoms. The highest BCUT2D eigenvalue weighted by atomic mass is 16.5. The molecule has 0 saturated carbocycles. The molecular formula is C21H25NO4. The van der Waals surface area contributed by atoms with Crippen LogP contribution in [0.15, 0.2) is 42.5 Å². The van der Waals surface area contributed by atoms with Crippen LogP contribution in [-0.2, 0) is 16.0 Å². The van der Waals surface area contributed by atoms with Crippen LogP contribution in [0.3, 0.4) is 0 Å². The van der Waals surface area contributed by atoms with Gasteiger partial charge in [-0.25, -0.2) is 0 Å². The molecule has 0 unspecified atom stereocenters. The van der Waals surface area contributed by atoms with Crippen molar-refractivity contribution in [1.29, 1.82) is 0 Å². The SMILES string of the molecule is CCOc1ccc(NC(=O)C[C@H](Cc2cc(C)cc(C)c2)C(=O)O)cc1. The van der Waals surface area contributed by atoms with E-state index in [9.17, 15) is 14.7 Å². The number of benzene rings is 2. The minimum absolute atomic E-state index is 0.0739. The third-order valence-corrected chi connectivity index (χ3v) is 3.99. The number of amides is 1. The van der Waals surface area contributed by atoms with Crippen molar-refractivity contribution < 1.29 is 19.4 Å². The summed E-state index contributed by atoms with van der Waals surface area (Å²) in [7, 11) is 0. The van der Waals surface area contributed by atoms with E-state index < -0.39 is 11.9 Å². The molecule has 26 heavy (non-hydrogen) atoms. The van der Waals surface area contributed by atoms with Crippen molar-refractivity contribution in [2.45, 2.75) is 33.6 Å². The highest BCUT2D eigenvalue weighted by molar-refractivity contribution is 5.93. The first kappa shape index (κ1) is 19.5. The van der Waals surface area contributed by atoms with E-state index in [1.54, 1.807) is 24.3 Å². The third kappa shape index (κ3) is 5.92. The van der Waals surface area contributed by atoms with Crippen LogP contribution in [0.1, 0.15) is 30.0 Å². The van der Waals surface area contributed by atoms with Gasteiger partial charge in [0.15, 0.2) is 0 Å². The van der Waals surface area contributed by atoms with Gasteiger partial charge < -0.3 is 15.2 Å². The van der Waals surface area contributed by atoms with Gasteiger partial charge in [0.05, 0.1) is 12.5 Å². The molecule has 1 atom stereocenters. The van der Waals surface area contributed by atoms with Gasteiger partial charge in [-0.15, -0.1) is 0 Å². The summed E-state index contributed by atoms with van der Waals surface area (Å²) in [6.07, 6.45) is 0.254. The van der Waals surface area contributed by atoms with E-state index in [-0.39, 0.29) is 12.3 Å². The number of ether oxygens (including phenoxy) is 1. The first-order valence-corrected chi connectivity index (χ1v) is 8.70. The number of carbonyl (C=O) groups is 2. The van der Waals surface area contributed by atoms with Crippen LogP contribution in [0.5, 0.6) is 5.75 Å². The van der Waals surface area contributed by atoms with E-state index in [2.05, 4.69) is 5.32 Å². The summed E-state index contributed by atoms with van der Waals surface area (Å²) in [5.74, 6) is -1.32. The maximum atomic E-state index is 12.3. The Hall–Kier alpha value is -2.82. The Labute approximate surface area is 154 Å². The summed E-state index contributed by atoms with van der Waals surface area (Å²) < 4.78 is 5.36. The molecule has 0 aromatic heterocycles. The average molecular weight is 355 g/mol. The Kier molecular flexibility index (Phi) is 6.78. The second-order valence-electron chi connectivity index (χ2n) is 6.44. The largest absolute Gasteiger partial charge is 0.494 e. The predicted molar refractivity (Wildman–Crippen MR) is 102 cm³/mol. The van der Waals surface area contributed by atoms with Gasteiger partial charge in [-0.2, -0.15) is 0 Å². The molecule has 0 heterocycles. The van der Waals surface area contributed by atoms with Gasteiger partial charge in [0, 0.05) is 12.1 Å². The lowest BCUT2D eigenvalue weighted by atomic mass is 9.94. The molecule has 2 rings (SSSR count). The van der Waals surface area contributed by atoms with Gasteiger partial charge >= 0.3 is 5.97 Å². The van der Waals surface area contributed by atoms with Crippen molar-refractivity contribution in [3.8, 4) is 5.75 Å². The summed E-state index contributed by atoms with van der Waals surface area (Å²) in [5.41, 5.74) is 3.73. The molecule has 0 aliphatic carbocycles. The zero-order valence-corrected chi connectivity index (χ0v) is 15.4. The minimum Gasteiger partial charge on any atom is -0.494 e. The number of anilines is 1. The van der Waals surface area contributed by atoms with E-state index in [1.807, 2.05) is 39.0 Å². The van der Waals surface area contributed by atoms with Gasteiger partial charge in [0.1, 0.15) is 5.75 Å². The molecule has 0 radical (unpaired) electrons. The van der Waals surface area contributed by atoms with Crippen LogP contribution in [0.2, 0.25) is 0 Å². The van der Waals surface area contributed by atoms with Crippen LogP contribution >= 0.6 is 0 Å². The number of hydrogen-bond acceptors (Lipinski definition) is 3. The Bertz CT molecular complexity index is 748. The van der Waals surface area contributed by atoms with E-state index >= 15 is 0 Å². The smallest absolute Gasteiger partial charge is 0.307 e. The van der Waals surface area contributed by atoms with Gasteiger partial charge in [0.2, 0.25) is 5.91 Å². The second kappa shape index (κ2) is 9.04. The first-order chi connectivity index (χ1) is 12.4. The van der Waals surface area contributed by atoms with Crippen molar-refractivity contribution in [3.63, 3.8) is 0 Å². The topological polar surface area (TPSA) is 75.6 Å². The van der Waals surface area contributed by atoms with Crippen LogP contribution in [0.4, 0.5) is 5.69 Å². The highest BCUT2D eigenvalue weighted by Gasteiger charge is 2.22. The third-order valence-electron chi connectivity index (χ3n) is 3.99. The van der Waals surface area contributed by atoms with Gasteiger partial charge in [-0.1, -0.05) is 29.3 Å². The minimum atomic E-state index is -0.967. The average Bonchev–Trinajstić information content (AvgIpc) is 2.55. The van der Waals surface area contributed by atoms with Crippen molar-refractivity contribution in [1.82, 2.24) is 0 Å². The zero-order chi connectivity index (χ0) is 19.1. The lowest BCUT2D eigenvalue weighted by molar-refractivity contribution is -0.143. The standard InChI is InChI=1S/C21H25NO4/c1-4-26-19-7-5-18(6-8-19)22-20(23)13-17(21(24)25)12-16-10-14(2)9-15(3)11-16/h5-11,17H,4,12-13H2,1-3H3,(H,22,23)(H,24,25)/t17-/m0/s1. The normalized spacial score (nSPS) is 11.7. The Morgan fingerprint density at radius 1 is 1.08 bits per heavy atom. The lowest BCUT2D eigenvalue weighted by Gasteiger charge is -2.14. The van der Waals surface area contributed by atoms with E-state index in [0.29, 0.717) is 18.7 Å². The van der Waals surface area contributed by atoms with E-state index in [0.717, 1.165) is 22.4 Å². The molecule has 0 aliphatic heterocycles. The molecule has 5 heteroatoms. The van der Waals surface area contributed by atoms with Crippen LogP contribution < -0.4 is 10.1 Å². The summed E-state index contributed by atoms with van der Waals surface area (Å²) in [6, 6.07) is 13.0. The Morgan fingerprint density at radius 2 is 1.69 bits per heavy atom. The lowest BCUT2D eigenvalue weighted by Crippen LogP contribution is -2.24. The maximum absolute atomic E-state index is 12.3. The monoisotopic (exact) mass is 355 g/mol. The number of hydrogen-bond donors (Lipinski definition) is 2. The predicted octanol–water partition coefficient (Wildman–Crippen LogP) is 3.97. The maximum Gasteiger partial charge on any atom is 0.307 e. The van der Waals surface area contributed by atoms with Crippen molar-refractivity contribution in [2.75, 3.05) is 11.9 Å².